The third-order valence-corrected chi connectivity index (χ3v) is 3.66. The molecule has 1 aliphatic heterocycles. The second kappa shape index (κ2) is 4.71. The van der Waals surface area contributed by atoms with Crippen molar-refractivity contribution in [3.05, 3.63) is 30.1 Å². The number of rotatable bonds is 3. The Morgan fingerprint density at radius 2 is 2.28 bits per heavy atom. The van der Waals surface area contributed by atoms with E-state index in [1.165, 1.54) is 0 Å². The van der Waals surface area contributed by atoms with Crippen molar-refractivity contribution in [1.29, 1.82) is 0 Å². The Bertz CT molecular complexity index is 504. The molecule has 1 aromatic carbocycles. The highest BCUT2D eigenvalue weighted by Crippen LogP contribution is 2.19. The number of aromatic amines is 1. The Morgan fingerprint density at radius 1 is 1.44 bits per heavy atom. The van der Waals surface area contributed by atoms with Crippen molar-refractivity contribution in [3.8, 4) is 0 Å². The molecule has 4 nitrogen and oxygen atoms in total. The third-order valence-electron chi connectivity index (χ3n) is 3.66. The second-order valence-electron chi connectivity index (χ2n) is 5.00. The zero-order valence-corrected chi connectivity index (χ0v) is 10.8. The normalized spacial score (nSPS) is 25.7. The number of nitrogens with one attached hydrogen (secondary N) is 2. The number of ether oxygens (including phenoxy) is 1. The molecule has 96 valence electrons. The third kappa shape index (κ3) is 2.13. The van der Waals surface area contributed by atoms with Crippen molar-refractivity contribution < 1.29 is 4.74 Å². The fourth-order valence-corrected chi connectivity index (χ4v) is 2.53. The first-order valence-electron chi connectivity index (χ1n) is 6.56. The molecule has 0 amide bonds. The highest BCUT2D eigenvalue weighted by Gasteiger charge is 2.26. The number of imidazole rings is 1. The number of hydrogen-bond acceptors (Lipinski definition) is 3. The minimum absolute atomic E-state index is 0.214. The van der Waals surface area contributed by atoms with Crippen molar-refractivity contribution in [1.82, 2.24) is 15.3 Å². The second-order valence-corrected chi connectivity index (χ2v) is 5.00. The van der Waals surface area contributed by atoms with Gasteiger partial charge in [-0.15, -0.1) is 0 Å². The van der Waals surface area contributed by atoms with E-state index in [0.717, 1.165) is 29.9 Å². The van der Waals surface area contributed by atoms with Crippen LogP contribution in [-0.4, -0.2) is 28.7 Å². The van der Waals surface area contributed by atoms with E-state index in [2.05, 4.69) is 35.2 Å². The molecule has 0 spiro atoms. The predicted octanol–water partition coefficient (Wildman–Crippen LogP) is 2.39. The van der Waals surface area contributed by atoms with Gasteiger partial charge in [-0.1, -0.05) is 12.1 Å². The van der Waals surface area contributed by atoms with E-state index in [1.807, 2.05) is 18.2 Å². The number of hydrogen-bond donors (Lipinski definition) is 2. The molecule has 2 aromatic rings. The highest BCUT2D eigenvalue weighted by atomic mass is 16.5. The van der Waals surface area contributed by atoms with Gasteiger partial charge >= 0.3 is 0 Å². The van der Waals surface area contributed by atoms with Gasteiger partial charge in [0.25, 0.3) is 0 Å². The molecule has 1 fully saturated rings. The Balaban J connectivity index is 1.77. The van der Waals surface area contributed by atoms with Crippen LogP contribution >= 0.6 is 0 Å². The molecule has 3 unspecified atom stereocenters. The molecule has 18 heavy (non-hydrogen) atoms. The van der Waals surface area contributed by atoms with Gasteiger partial charge in [-0.25, -0.2) is 4.98 Å². The molecule has 0 radical (unpaired) electrons. The van der Waals surface area contributed by atoms with Crippen LogP contribution in [0, 0.1) is 0 Å². The molecule has 0 aliphatic carbocycles. The average molecular weight is 245 g/mol. The van der Waals surface area contributed by atoms with Gasteiger partial charge in [0.15, 0.2) is 0 Å². The van der Waals surface area contributed by atoms with Crippen LogP contribution in [0.4, 0.5) is 0 Å². The zero-order chi connectivity index (χ0) is 12.5. The van der Waals surface area contributed by atoms with Gasteiger partial charge in [-0.05, 0) is 32.4 Å². The molecule has 2 heterocycles. The summed E-state index contributed by atoms with van der Waals surface area (Å²) in [4.78, 5) is 7.99. The minimum atomic E-state index is 0.214. The molecule has 0 bridgehead atoms. The van der Waals surface area contributed by atoms with Gasteiger partial charge in [0.1, 0.15) is 5.82 Å². The Morgan fingerprint density at radius 3 is 3.00 bits per heavy atom. The lowest BCUT2D eigenvalue weighted by Gasteiger charge is -2.20. The summed E-state index contributed by atoms with van der Waals surface area (Å²) in [6.07, 6.45) is 1.36. The molecule has 1 aromatic heterocycles. The molecular weight excluding hydrogens is 226 g/mol. The number of aromatic nitrogens is 2. The summed E-state index contributed by atoms with van der Waals surface area (Å²) in [6, 6.07) is 8.76. The van der Waals surface area contributed by atoms with E-state index in [1.54, 1.807) is 0 Å². The molecule has 4 heteroatoms. The van der Waals surface area contributed by atoms with Gasteiger partial charge in [-0.3, -0.25) is 0 Å². The maximum atomic E-state index is 5.57. The lowest BCUT2D eigenvalue weighted by molar-refractivity contribution is 0.111. The van der Waals surface area contributed by atoms with E-state index >= 15 is 0 Å². The van der Waals surface area contributed by atoms with Crippen molar-refractivity contribution in [2.45, 2.75) is 38.5 Å². The van der Waals surface area contributed by atoms with E-state index in [-0.39, 0.29) is 12.1 Å². The van der Waals surface area contributed by atoms with Crippen LogP contribution in [0.3, 0.4) is 0 Å². The van der Waals surface area contributed by atoms with E-state index in [0.29, 0.717) is 6.04 Å². The average Bonchev–Trinajstić information content (AvgIpc) is 2.96. The first-order chi connectivity index (χ1) is 8.74. The standard InChI is InChI=1S/C14H19N3O/c1-9(15-11-7-8-18-10(11)2)14-16-12-5-3-4-6-13(12)17-14/h3-6,9-11,15H,7-8H2,1-2H3,(H,16,17). The summed E-state index contributed by atoms with van der Waals surface area (Å²) in [6.45, 7) is 5.12. The molecule has 2 N–H and O–H groups in total. The number of para-hydroxylation sites is 2. The van der Waals surface area contributed by atoms with Gasteiger partial charge in [0.05, 0.1) is 23.2 Å². The summed E-state index contributed by atoms with van der Waals surface area (Å²) in [5, 5.41) is 3.59. The number of H-pyrrole nitrogens is 1. The van der Waals surface area contributed by atoms with E-state index in [9.17, 15) is 0 Å². The minimum Gasteiger partial charge on any atom is -0.377 e. The predicted molar refractivity (Wildman–Crippen MR) is 71.5 cm³/mol. The Labute approximate surface area is 107 Å². The summed E-state index contributed by atoms with van der Waals surface area (Å²) >= 11 is 0. The van der Waals surface area contributed by atoms with Crippen molar-refractivity contribution in [3.63, 3.8) is 0 Å². The zero-order valence-electron chi connectivity index (χ0n) is 10.8. The molecule has 0 saturated carbocycles. The Kier molecular flexibility index (Phi) is 3.06. The highest BCUT2D eigenvalue weighted by molar-refractivity contribution is 5.74. The summed E-state index contributed by atoms with van der Waals surface area (Å²) in [5.41, 5.74) is 2.12. The monoisotopic (exact) mass is 245 g/mol. The topological polar surface area (TPSA) is 49.9 Å². The SMILES string of the molecule is CC(NC1CCOC1C)c1nc2ccccc2[nH]1. The number of benzene rings is 1. The fourth-order valence-electron chi connectivity index (χ4n) is 2.53. The summed E-state index contributed by atoms with van der Waals surface area (Å²) in [7, 11) is 0. The van der Waals surface area contributed by atoms with Crippen LogP contribution in [-0.2, 0) is 4.74 Å². The quantitative estimate of drug-likeness (QED) is 0.873. The number of nitrogens with zero attached hydrogens (tertiary/aromatic N) is 1. The van der Waals surface area contributed by atoms with E-state index < -0.39 is 0 Å². The van der Waals surface area contributed by atoms with Crippen molar-refractivity contribution in [2.24, 2.45) is 0 Å². The van der Waals surface area contributed by atoms with Crippen LogP contribution in [0.5, 0.6) is 0 Å². The molecule has 1 saturated heterocycles. The van der Waals surface area contributed by atoms with Gasteiger partial charge in [0.2, 0.25) is 0 Å². The lowest BCUT2D eigenvalue weighted by Crippen LogP contribution is -2.36. The summed E-state index contributed by atoms with van der Waals surface area (Å²) < 4.78 is 5.57. The molecular formula is C14H19N3O. The molecule has 3 atom stereocenters. The van der Waals surface area contributed by atoms with Crippen molar-refractivity contribution in [2.75, 3.05) is 6.61 Å². The van der Waals surface area contributed by atoms with Gasteiger partial charge in [0, 0.05) is 12.6 Å². The first kappa shape index (κ1) is 11.7. The van der Waals surface area contributed by atoms with Crippen molar-refractivity contribution >= 4 is 11.0 Å². The van der Waals surface area contributed by atoms with Crippen LogP contribution in [0.15, 0.2) is 24.3 Å². The number of fused-ring (bicyclic) bond motifs is 1. The van der Waals surface area contributed by atoms with Crippen LogP contribution in [0.1, 0.15) is 32.1 Å². The van der Waals surface area contributed by atoms with Gasteiger partial charge < -0.3 is 15.0 Å². The lowest BCUT2D eigenvalue weighted by atomic mass is 10.1. The molecule has 1 aliphatic rings. The molecule has 3 rings (SSSR count). The van der Waals surface area contributed by atoms with Gasteiger partial charge in [-0.2, -0.15) is 0 Å². The smallest absolute Gasteiger partial charge is 0.124 e. The maximum absolute atomic E-state index is 5.57. The van der Waals surface area contributed by atoms with Crippen LogP contribution in [0.2, 0.25) is 0 Å². The largest absolute Gasteiger partial charge is 0.377 e. The van der Waals surface area contributed by atoms with Crippen LogP contribution < -0.4 is 5.32 Å². The van der Waals surface area contributed by atoms with Crippen LogP contribution in [0.25, 0.3) is 11.0 Å². The summed E-state index contributed by atoms with van der Waals surface area (Å²) in [5.74, 6) is 0.996. The first-order valence-corrected chi connectivity index (χ1v) is 6.56. The van der Waals surface area contributed by atoms with E-state index in [4.69, 9.17) is 4.74 Å². The maximum Gasteiger partial charge on any atom is 0.124 e. The Hall–Kier alpha value is -1.39. The fraction of sp³-hybridized carbons (Fsp3) is 0.500.